The molecule has 1 amide bonds. The van der Waals surface area contributed by atoms with E-state index in [0.29, 0.717) is 4.88 Å². The largest absolute Gasteiger partial charge is 0.505 e. The molecular weight excluding hydrogens is 348 g/mol. The molecule has 0 fully saturated rings. The average Bonchev–Trinajstić information content (AvgIpc) is 2.72. The monoisotopic (exact) mass is 356 g/mol. The highest BCUT2D eigenvalue weighted by molar-refractivity contribution is 9.11. The van der Waals surface area contributed by atoms with Gasteiger partial charge in [0.25, 0.3) is 11.6 Å². The maximum Gasteiger partial charge on any atom is 0.296 e. The Morgan fingerprint density at radius 2 is 2.20 bits per heavy atom. The van der Waals surface area contributed by atoms with Crippen LogP contribution >= 0.6 is 27.3 Å². The number of phenols is 1. The topological polar surface area (TPSA) is 92.5 Å². The van der Waals surface area contributed by atoms with E-state index in [9.17, 15) is 20.0 Å². The molecule has 1 heterocycles. The van der Waals surface area contributed by atoms with Gasteiger partial charge in [-0.3, -0.25) is 14.9 Å². The second-order valence-corrected chi connectivity index (χ2v) is 6.32. The van der Waals surface area contributed by atoms with Crippen molar-refractivity contribution in [2.75, 3.05) is 5.32 Å². The standard InChI is InChI=1S/C12H9BrN2O4S/c1-6-5-9(20-11(6)13)12(17)14-10-7(15(18)19)3-2-4-8(10)16/h2-5,16H,1H3,(H,14,17). The van der Waals surface area contributed by atoms with Gasteiger partial charge in [0.2, 0.25) is 0 Å². The molecule has 2 N–H and O–H groups in total. The van der Waals surface area contributed by atoms with E-state index in [-0.39, 0.29) is 17.1 Å². The summed E-state index contributed by atoms with van der Waals surface area (Å²) in [7, 11) is 0. The second-order valence-electron chi connectivity index (χ2n) is 3.95. The lowest BCUT2D eigenvalue weighted by atomic mass is 10.2. The number of nitrogens with zero attached hydrogens (tertiary/aromatic N) is 1. The number of phenolic OH excluding ortho intramolecular Hbond substituents is 1. The van der Waals surface area contributed by atoms with E-state index in [1.807, 2.05) is 6.92 Å². The number of halogens is 1. The Hall–Kier alpha value is -1.93. The van der Waals surface area contributed by atoms with E-state index in [1.165, 1.54) is 29.5 Å². The molecule has 2 aromatic rings. The first kappa shape index (κ1) is 14.5. The summed E-state index contributed by atoms with van der Waals surface area (Å²) >= 11 is 4.52. The highest BCUT2D eigenvalue weighted by Gasteiger charge is 2.21. The number of carbonyl (C=O) groups excluding carboxylic acids is 1. The van der Waals surface area contributed by atoms with Crippen LogP contribution in [0, 0.1) is 17.0 Å². The van der Waals surface area contributed by atoms with Crippen LogP contribution in [0.4, 0.5) is 11.4 Å². The fourth-order valence-electron chi connectivity index (χ4n) is 1.56. The van der Waals surface area contributed by atoms with Crippen molar-refractivity contribution in [3.05, 3.63) is 48.6 Å². The summed E-state index contributed by atoms with van der Waals surface area (Å²) < 4.78 is 0.814. The third-order valence-electron chi connectivity index (χ3n) is 2.54. The Morgan fingerprint density at radius 1 is 1.50 bits per heavy atom. The van der Waals surface area contributed by atoms with E-state index in [0.717, 1.165) is 9.35 Å². The fraction of sp³-hybridized carbons (Fsp3) is 0.0833. The number of amides is 1. The zero-order valence-electron chi connectivity index (χ0n) is 10.2. The summed E-state index contributed by atoms with van der Waals surface area (Å²) in [5.74, 6) is -0.853. The van der Waals surface area contributed by atoms with Gasteiger partial charge in [0.1, 0.15) is 5.75 Å². The number of carbonyl (C=O) groups is 1. The van der Waals surface area contributed by atoms with Crippen LogP contribution in [0.25, 0.3) is 0 Å². The molecular formula is C12H9BrN2O4S. The first-order valence-corrected chi connectivity index (χ1v) is 7.04. The summed E-state index contributed by atoms with van der Waals surface area (Å²) in [6, 6.07) is 5.49. The molecule has 0 unspecified atom stereocenters. The van der Waals surface area contributed by atoms with Gasteiger partial charge in [-0.1, -0.05) is 6.07 Å². The summed E-state index contributed by atoms with van der Waals surface area (Å²) in [4.78, 5) is 22.7. The number of anilines is 1. The highest BCUT2D eigenvalue weighted by Crippen LogP contribution is 2.34. The molecule has 0 aliphatic carbocycles. The van der Waals surface area contributed by atoms with Gasteiger partial charge in [-0.2, -0.15) is 0 Å². The number of benzene rings is 1. The SMILES string of the molecule is Cc1cc(C(=O)Nc2c(O)cccc2[N+](=O)[O-])sc1Br. The lowest BCUT2D eigenvalue weighted by Gasteiger charge is -2.06. The summed E-state index contributed by atoms with van der Waals surface area (Å²) in [5.41, 5.74) is 0.335. The molecule has 8 heteroatoms. The number of thiophene rings is 1. The second kappa shape index (κ2) is 5.59. The molecule has 0 aliphatic rings. The minimum Gasteiger partial charge on any atom is -0.505 e. The molecule has 20 heavy (non-hydrogen) atoms. The zero-order chi connectivity index (χ0) is 14.9. The summed E-state index contributed by atoms with van der Waals surface area (Å²) in [6.07, 6.45) is 0. The van der Waals surface area contributed by atoms with E-state index in [4.69, 9.17) is 0 Å². The van der Waals surface area contributed by atoms with Crippen LogP contribution in [0.5, 0.6) is 5.75 Å². The van der Waals surface area contributed by atoms with Crippen molar-refractivity contribution < 1.29 is 14.8 Å². The van der Waals surface area contributed by atoms with Gasteiger partial charge in [0, 0.05) is 6.07 Å². The lowest BCUT2D eigenvalue weighted by Crippen LogP contribution is -2.11. The number of nitro groups is 1. The molecule has 0 bridgehead atoms. The van der Waals surface area contributed by atoms with Gasteiger partial charge >= 0.3 is 0 Å². The molecule has 1 aromatic heterocycles. The first-order valence-electron chi connectivity index (χ1n) is 5.44. The number of rotatable bonds is 3. The van der Waals surface area contributed by atoms with Crippen molar-refractivity contribution in [1.29, 1.82) is 0 Å². The predicted molar refractivity (Wildman–Crippen MR) is 79.5 cm³/mol. The number of hydrogen-bond acceptors (Lipinski definition) is 5. The summed E-state index contributed by atoms with van der Waals surface area (Å²) in [5, 5.41) is 22.9. The van der Waals surface area contributed by atoms with Crippen LogP contribution in [0.3, 0.4) is 0 Å². The number of hydrogen-bond donors (Lipinski definition) is 2. The molecule has 0 atom stereocenters. The minimum absolute atomic E-state index is 0.204. The molecule has 1 aromatic carbocycles. The van der Waals surface area contributed by atoms with Crippen molar-refractivity contribution in [3.8, 4) is 5.75 Å². The van der Waals surface area contributed by atoms with Gasteiger partial charge in [0.05, 0.1) is 13.6 Å². The normalized spacial score (nSPS) is 10.3. The smallest absolute Gasteiger partial charge is 0.296 e. The Morgan fingerprint density at radius 3 is 2.75 bits per heavy atom. The number of nitrogens with one attached hydrogen (secondary N) is 1. The minimum atomic E-state index is -0.662. The lowest BCUT2D eigenvalue weighted by molar-refractivity contribution is -0.384. The maximum absolute atomic E-state index is 12.1. The van der Waals surface area contributed by atoms with Crippen molar-refractivity contribution in [3.63, 3.8) is 0 Å². The van der Waals surface area contributed by atoms with Crippen LogP contribution in [-0.2, 0) is 0 Å². The molecule has 2 rings (SSSR count). The van der Waals surface area contributed by atoms with Crippen LogP contribution in [0.2, 0.25) is 0 Å². The van der Waals surface area contributed by atoms with Crippen molar-refractivity contribution in [2.24, 2.45) is 0 Å². The fourth-order valence-corrected chi connectivity index (χ4v) is 2.99. The number of para-hydroxylation sites is 1. The van der Waals surface area contributed by atoms with Crippen LogP contribution < -0.4 is 5.32 Å². The average molecular weight is 357 g/mol. The quantitative estimate of drug-likeness (QED) is 0.498. The molecule has 0 aliphatic heterocycles. The highest BCUT2D eigenvalue weighted by atomic mass is 79.9. The van der Waals surface area contributed by atoms with Crippen LogP contribution in [0.15, 0.2) is 28.1 Å². The molecule has 0 radical (unpaired) electrons. The van der Waals surface area contributed by atoms with Crippen molar-refractivity contribution in [2.45, 2.75) is 6.92 Å². The van der Waals surface area contributed by atoms with Crippen molar-refractivity contribution in [1.82, 2.24) is 0 Å². The Labute approximate surface area is 126 Å². The Kier molecular flexibility index (Phi) is 4.05. The van der Waals surface area contributed by atoms with E-state index in [1.54, 1.807) is 6.07 Å². The molecule has 0 spiro atoms. The first-order chi connectivity index (χ1) is 9.40. The number of aromatic hydroxyl groups is 1. The molecule has 6 nitrogen and oxygen atoms in total. The van der Waals surface area contributed by atoms with Gasteiger partial charge in [-0.25, -0.2) is 0 Å². The van der Waals surface area contributed by atoms with Crippen molar-refractivity contribution >= 4 is 44.5 Å². The maximum atomic E-state index is 12.1. The third-order valence-corrected chi connectivity index (χ3v) is 4.67. The van der Waals surface area contributed by atoms with E-state index < -0.39 is 10.8 Å². The zero-order valence-corrected chi connectivity index (χ0v) is 12.6. The Balaban J connectivity index is 2.35. The third kappa shape index (κ3) is 2.81. The predicted octanol–water partition coefficient (Wildman–Crippen LogP) is 3.69. The molecule has 0 saturated carbocycles. The van der Waals surface area contributed by atoms with E-state index in [2.05, 4.69) is 21.2 Å². The number of nitro benzene ring substituents is 1. The molecule has 104 valence electrons. The number of aryl methyl sites for hydroxylation is 1. The van der Waals surface area contributed by atoms with Crippen LogP contribution in [-0.4, -0.2) is 15.9 Å². The van der Waals surface area contributed by atoms with Gasteiger partial charge in [0.15, 0.2) is 5.69 Å². The molecule has 0 saturated heterocycles. The summed E-state index contributed by atoms with van der Waals surface area (Å²) in [6.45, 7) is 1.83. The Bertz CT molecular complexity index is 679. The van der Waals surface area contributed by atoms with Crippen LogP contribution in [0.1, 0.15) is 15.2 Å². The van der Waals surface area contributed by atoms with Gasteiger partial charge in [-0.15, -0.1) is 11.3 Å². The van der Waals surface area contributed by atoms with E-state index >= 15 is 0 Å². The van der Waals surface area contributed by atoms with Gasteiger partial charge in [-0.05, 0) is 40.5 Å². The van der Waals surface area contributed by atoms with Gasteiger partial charge < -0.3 is 10.4 Å².